The van der Waals surface area contributed by atoms with Crippen LogP contribution in [0.15, 0.2) is 24.3 Å². The normalized spacial score (nSPS) is 11.4. The molecule has 19 heavy (non-hydrogen) atoms. The van der Waals surface area contributed by atoms with Crippen LogP contribution < -0.4 is 4.72 Å². The molecule has 0 radical (unpaired) electrons. The average Bonchev–Trinajstić information content (AvgIpc) is 2.37. The minimum atomic E-state index is -3.37. The molecule has 1 rings (SSSR count). The van der Waals surface area contributed by atoms with Gasteiger partial charge in [0.05, 0.1) is 17.9 Å². The summed E-state index contributed by atoms with van der Waals surface area (Å²) in [7, 11) is -3.37. The molecule has 0 unspecified atom stereocenters. The summed E-state index contributed by atoms with van der Waals surface area (Å²) >= 11 is 0. The Labute approximate surface area is 112 Å². The second-order valence-electron chi connectivity index (χ2n) is 3.84. The molecule has 0 amide bonds. The van der Waals surface area contributed by atoms with E-state index in [9.17, 15) is 13.2 Å². The predicted molar refractivity (Wildman–Crippen MR) is 70.5 cm³/mol. The van der Waals surface area contributed by atoms with Crippen LogP contribution in [-0.4, -0.2) is 38.5 Å². The number of carbonyl (C=O) groups is 1. The minimum Gasteiger partial charge on any atom is -0.478 e. The maximum atomic E-state index is 11.6. The Hall–Kier alpha value is -1.44. The lowest BCUT2D eigenvalue weighted by Gasteiger charge is -2.07. The largest absolute Gasteiger partial charge is 0.478 e. The maximum Gasteiger partial charge on any atom is 0.335 e. The molecule has 0 aliphatic carbocycles. The van der Waals surface area contributed by atoms with Crippen molar-refractivity contribution in [3.8, 4) is 0 Å². The Morgan fingerprint density at radius 2 is 1.95 bits per heavy atom. The molecule has 0 atom stereocenters. The van der Waals surface area contributed by atoms with E-state index in [1.807, 2.05) is 0 Å². The molecule has 2 N–H and O–H groups in total. The first-order chi connectivity index (χ1) is 8.94. The zero-order chi connectivity index (χ0) is 14.3. The lowest BCUT2D eigenvalue weighted by molar-refractivity contribution is 0.0697. The van der Waals surface area contributed by atoms with Crippen molar-refractivity contribution in [3.63, 3.8) is 0 Å². The van der Waals surface area contributed by atoms with Gasteiger partial charge in [-0.25, -0.2) is 17.9 Å². The van der Waals surface area contributed by atoms with E-state index in [2.05, 4.69) is 4.72 Å². The lowest BCUT2D eigenvalue weighted by atomic mass is 10.1. The van der Waals surface area contributed by atoms with Crippen LogP contribution in [0.4, 0.5) is 0 Å². The van der Waals surface area contributed by atoms with Crippen LogP contribution in [0.5, 0.6) is 0 Å². The molecule has 0 saturated heterocycles. The highest BCUT2D eigenvalue weighted by Crippen LogP contribution is 2.04. The van der Waals surface area contributed by atoms with E-state index < -0.39 is 16.0 Å². The summed E-state index contributed by atoms with van der Waals surface area (Å²) in [5.41, 5.74) is 0.868. The van der Waals surface area contributed by atoms with Gasteiger partial charge in [0, 0.05) is 13.2 Å². The molecule has 106 valence electrons. The highest BCUT2D eigenvalue weighted by Gasteiger charge is 2.10. The van der Waals surface area contributed by atoms with Gasteiger partial charge in [0.1, 0.15) is 0 Å². The number of carboxylic acid groups (broad SMARTS) is 1. The Morgan fingerprint density at radius 1 is 1.32 bits per heavy atom. The molecular formula is C12H17NO5S. The number of nitrogens with one attached hydrogen (secondary N) is 1. The van der Waals surface area contributed by atoms with Gasteiger partial charge in [-0.05, 0) is 24.6 Å². The van der Waals surface area contributed by atoms with E-state index in [0.29, 0.717) is 12.2 Å². The third kappa shape index (κ3) is 5.82. The first-order valence-electron chi connectivity index (χ1n) is 5.82. The monoisotopic (exact) mass is 287 g/mol. The van der Waals surface area contributed by atoms with E-state index in [-0.39, 0.29) is 24.5 Å². The zero-order valence-corrected chi connectivity index (χ0v) is 11.4. The van der Waals surface area contributed by atoms with Gasteiger partial charge in [0.2, 0.25) is 10.0 Å². The van der Waals surface area contributed by atoms with E-state index >= 15 is 0 Å². The Bertz CT molecular complexity index is 509. The molecule has 0 saturated carbocycles. The van der Waals surface area contributed by atoms with Crippen LogP contribution in [-0.2, 0) is 21.3 Å². The van der Waals surface area contributed by atoms with Gasteiger partial charge in [-0.3, -0.25) is 0 Å². The number of aromatic carboxylic acids is 1. The molecule has 0 spiro atoms. The van der Waals surface area contributed by atoms with Crippen LogP contribution >= 0.6 is 0 Å². The standard InChI is InChI=1S/C12H17NO5S/c1-2-18-7-8-19(16,17)13-9-10-3-5-11(6-4-10)12(14)15/h3-6,13H,2,7-9H2,1H3,(H,14,15). The Balaban J connectivity index is 2.49. The third-order valence-electron chi connectivity index (χ3n) is 2.40. The number of hydrogen-bond donors (Lipinski definition) is 2. The van der Waals surface area contributed by atoms with Crippen LogP contribution in [0.1, 0.15) is 22.8 Å². The number of rotatable bonds is 8. The fourth-order valence-corrected chi connectivity index (χ4v) is 2.21. The van der Waals surface area contributed by atoms with E-state index in [1.165, 1.54) is 12.1 Å². The molecule has 0 aliphatic rings. The summed E-state index contributed by atoms with van der Waals surface area (Å²) < 4.78 is 30.5. The molecule has 0 heterocycles. The molecule has 1 aromatic carbocycles. The fraction of sp³-hybridized carbons (Fsp3) is 0.417. The average molecular weight is 287 g/mol. The van der Waals surface area contributed by atoms with Crippen molar-refractivity contribution in [2.45, 2.75) is 13.5 Å². The number of hydrogen-bond acceptors (Lipinski definition) is 4. The topological polar surface area (TPSA) is 92.7 Å². The molecule has 6 nitrogen and oxygen atoms in total. The summed E-state index contributed by atoms with van der Waals surface area (Å²) in [6, 6.07) is 6.03. The molecular weight excluding hydrogens is 270 g/mol. The number of carboxylic acids is 1. The van der Waals surface area contributed by atoms with E-state index in [1.54, 1.807) is 19.1 Å². The van der Waals surface area contributed by atoms with Gasteiger partial charge in [0.25, 0.3) is 0 Å². The van der Waals surface area contributed by atoms with Gasteiger partial charge in [0.15, 0.2) is 0 Å². The van der Waals surface area contributed by atoms with Crippen molar-refractivity contribution < 1.29 is 23.1 Å². The first kappa shape index (κ1) is 15.6. The molecule has 0 bridgehead atoms. The van der Waals surface area contributed by atoms with Crippen molar-refractivity contribution in [2.24, 2.45) is 0 Å². The summed E-state index contributed by atoms with van der Waals surface area (Å²) in [6.07, 6.45) is 0. The van der Waals surface area contributed by atoms with Gasteiger partial charge >= 0.3 is 5.97 Å². The smallest absolute Gasteiger partial charge is 0.335 e. The summed E-state index contributed by atoms with van der Waals surface area (Å²) in [4.78, 5) is 10.7. The third-order valence-corrected chi connectivity index (χ3v) is 3.69. The molecule has 0 aromatic heterocycles. The first-order valence-corrected chi connectivity index (χ1v) is 7.47. The molecule has 0 aliphatic heterocycles. The van der Waals surface area contributed by atoms with Gasteiger partial charge in [-0.2, -0.15) is 0 Å². The van der Waals surface area contributed by atoms with Crippen molar-refractivity contribution in [1.29, 1.82) is 0 Å². The number of ether oxygens (including phenoxy) is 1. The maximum absolute atomic E-state index is 11.6. The molecule has 0 fully saturated rings. The van der Waals surface area contributed by atoms with Crippen LogP contribution in [0.25, 0.3) is 0 Å². The van der Waals surface area contributed by atoms with Crippen molar-refractivity contribution in [1.82, 2.24) is 4.72 Å². The second kappa shape index (κ2) is 7.22. The summed E-state index contributed by atoms with van der Waals surface area (Å²) in [6.45, 7) is 2.56. The predicted octanol–water partition coefficient (Wildman–Crippen LogP) is 0.841. The molecule has 7 heteroatoms. The second-order valence-corrected chi connectivity index (χ2v) is 5.77. The van der Waals surface area contributed by atoms with Gasteiger partial charge in [-0.15, -0.1) is 0 Å². The minimum absolute atomic E-state index is 0.0892. The lowest BCUT2D eigenvalue weighted by Crippen LogP contribution is -2.28. The summed E-state index contributed by atoms with van der Waals surface area (Å²) in [5.74, 6) is -1.10. The van der Waals surface area contributed by atoms with E-state index in [0.717, 1.165) is 0 Å². The van der Waals surface area contributed by atoms with Gasteiger partial charge in [-0.1, -0.05) is 12.1 Å². The highest BCUT2D eigenvalue weighted by molar-refractivity contribution is 7.89. The van der Waals surface area contributed by atoms with Gasteiger partial charge < -0.3 is 9.84 Å². The summed E-state index contributed by atoms with van der Waals surface area (Å²) in [5, 5.41) is 8.73. The fourth-order valence-electron chi connectivity index (χ4n) is 1.34. The SMILES string of the molecule is CCOCCS(=O)(=O)NCc1ccc(C(=O)O)cc1. The van der Waals surface area contributed by atoms with Crippen molar-refractivity contribution in [2.75, 3.05) is 19.0 Å². The number of benzene rings is 1. The highest BCUT2D eigenvalue weighted by atomic mass is 32.2. The van der Waals surface area contributed by atoms with Crippen LogP contribution in [0, 0.1) is 0 Å². The molecule has 1 aromatic rings. The Kier molecular flexibility index (Phi) is 5.94. The van der Waals surface area contributed by atoms with E-state index in [4.69, 9.17) is 9.84 Å². The Morgan fingerprint density at radius 3 is 2.47 bits per heavy atom. The van der Waals surface area contributed by atoms with Crippen LogP contribution in [0.2, 0.25) is 0 Å². The van der Waals surface area contributed by atoms with Crippen molar-refractivity contribution in [3.05, 3.63) is 35.4 Å². The van der Waals surface area contributed by atoms with Crippen molar-refractivity contribution >= 4 is 16.0 Å². The van der Waals surface area contributed by atoms with Crippen LogP contribution in [0.3, 0.4) is 0 Å². The number of sulfonamides is 1. The quantitative estimate of drug-likeness (QED) is 0.691. The zero-order valence-electron chi connectivity index (χ0n) is 10.6.